The standard InChI is InChI=1S/C29H31F3N6O2S2/c1-36-7-9-41-24-12-23(42-26(24)27(36)40)25-21(29(30,31)32)13-33-28(35-25)34-22-5-4-17(11-20(22)16-2-3-16)38-15-18-10-19(38)14-37(18)6-8-39/h4-5,11-13,16,18-19,39H,2-3,6-10,14-15H2,1H3,(H,33,34,35). The third-order valence-corrected chi connectivity index (χ3v) is 10.9. The average molecular weight is 617 g/mol. The fraction of sp³-hybridized carbons (Fsp3) is 0.483. The first kappa shape index (κ1) is 27.9. The van der Waals surface area contributed by atoms with E-state index in [1.807, 2.05) is 6.07 Å². The van der Waals surface area contributed by atoms with Crippen molar-refractivity contribution in [3.8, 4) is 10.6 Å². The maximum absolute atomic E-state index is 14.1. The highest BCUT2D eigenvalue weighted by atomic mass is 32.2. The summed E-state index contributed by atoms with van der Waals surface area (Å²) in [6, 6.07) is 8.77. The topological polar surface area (TPSA) is 84.8 Å². The highest BCUT2D eigenvalue weighted by molar-refractivity contribution is 7.99. The quantitative estimate of drug-likeness (QED) is 0.371. The zero-order valence-electron chi connectivity index (χ0n) is 23.0. The number of hydrogen-bond donors (Lipinski definition) is 2. The lowest BCUT2D eigenvalue weighted by atomic mass is 10.1. The molecule has 1 amide bonds. The second-order valence-electron chi connectivity index (χ2n) is 11.4. The maximum atomic E-state index is 14.1. The molecule has 4 aliphatic rings. The molecule has 2 saturated heterocycles. The Kier molecular flexibility index (Phi) is 7.11. The lowest BCUT2D eigenvalue weighted by Crippen LogP contribution is -2.47. The molecule has 1 aromatic carbocycles. The Bertz CT molecular complexity index is 1530. The fourth-order valence-electron chi connectivity index (χ4n) is 6.32. The Morgan fingerprint density at radius 2 is 2.00 bits per heavy atom. The molecule has 2 aromatic heterocycles. The van der Waals surface area contributed by atoms with Gasteiger partial charge in [0, 0.05) is 73.5 Å². The van der Waals surface area contributed by atoms with Crippen molar-refractivity contribution in [3.05, 3.63) is 46.5 Å². The normalized spacial score (nSPS) is 22.5. The number of carbonyl (C=O) groups is 1. The van der Waals surface area contributed by atoms with Crippen LogP contribution in [0.5, 0.6) is 0 Å². The molecule has 42 heavy (non-hydrogen) atoms. The van der Waals surface area contributed by atoms with Gasteiger partial charge in [-0.3, -0.25) is 9.69 Å². The molecule has 0 radical (unpaired) electrons. The van der Waals surface area contributed by atoms with E-state index in [9.17, 15) is 23.1 Å². The van der Waals surface area contributed by atoms with E-state index in [1.54, 1.807) is 18.0 Å². The Morgan fingerprint density at radius 3 is 2.71 bits per heavy atom. The molecule has 13 heteroatoms. The van der Waals surface area contributed by atoms with Crippen LogP contribution in [0.15, 0.2) is 35.4 Å². The minimum absolute atomic E-state index is 0.0900. The van der Waals surface area contributed by atoms with Gasteiger partial charge in [0.15, 0.2) is 0 Å². The van der Waals surface area contributed by atoms with Gasteiger partial charge in [-0.25, -0.2) is 9.97 Å². The van der Waals surface area contributed by atoms with Crippen molar-refractivity contribution in [3.63, 3.8) is 0 Å². The molecule has 3 aliphatic heterocycles. The number of likely N-dealkylation sites (tertiary alicyclic amines) is 1. The summed E-state index contributed by atoms with van der Waals surface area (Å²) in [5.41, 5.74) is 1.93. The van der Waals surface area contributed by atoms with Gasteiger partial charge in [-0.1, -0.05) is 0 Å². The molecule has 5 heterocycles. The maximum Gasteiger partial charge on any atom is 0.420 e. The summed E-state index contributed by atoms with van der Waals surface area (Å²) in [7, 11) is 1.70. The van der Waals surface area contributed by atoms with Gasteiger partial charge in [-0.2, -0.15) is 13.2 Å². The number of amides is 1. The largest absolute Gasteiger partial charge is 0.420 e. The number of thiophene rings is 1. The number of rotatable bonds is 7. The first-order valence-electron chi connectivity index (χ1n) is 14.2. The highest BCUT2D eigenvalue weighted by Gasteiger charge is 2.43. The predicted molar refractivity (Wildman–Crippen MR) is 158 cm³/mol. The molecule has 1 aliphatic carbocycles. The highest BCUT2D eigenvalue weighted by Crippen LogP contribution is 2.47. The number of fused-ring (bicyclic) bond motifs is 3. The molecule has 7 rings (SSSR count). The van der Waals surface area contributed by atoms with Crippen LogP contribution in [0.4, 0.5) is 30.5 Å². The second-order valence-corrected chi connectivity index (χ2v) is 13.6. The fourth-order valence-corrected chi connectivity index (χ4v) is 8.75. The lowest BCUT2D eigenvalue weighted by Gasteiger charge is -2.35. The number of benzene rings is 1. The van der Waals surface area contributed by atoms with Gasteiger partial charge in [0.25, 0.3) is 5.91 Å². The van der Waals surface area contributed by atoms with Crippen molar-refractivity contribution >= 4 is 46.3 Å². The van der Waals surface area contributed by atoms with Crippen molar-refractivity contribution < 1.29 is 23.1 Å². The summed E-state index contributed by atoms with van der Waals surface area (Å²) in [6.07, 6.45) is -0.594. The number of nitrogens with zero attached hydrogens (tertiary/aromatic N) is 5. The van der Waals surface area contributed by atoms with Crippen molar-refractivity contribution in [2.24, 2.45) is 0 Å². The number of piperazine rings is 1. The van der Waals surface area contributed by atoms with Crippen LogP contribution >= 0.6 is 23.1 Å². The number of hydrogen-bond acceptors (Lipinski definition) is 9. The number of aromatic nitrogens is 2. The predicted octanol–water partition coefficient (Wildman–Crippen LogP) is 5.28. The van der Waals surface area contributed by atoms with E-state index in [0.29, 0.717) is 51.5 Å². The van der Waals surface area contributed by atoms with Gasteiger partial charge in [-0.05, 0) is 55.0 Å². The Morgan fingerprint density at radius 1 is 1.17 bits per heavy atom. The van der Waals surface area contributed by atoms with Crippen LogP contribution < -0.4 is 10.2 Å². The van der Waals surface area contributed by atoms with Crippen LogP contribution in [0.25, 0.3) is 10.6 Å². The zero-order valence-corrected chi connectivity index (χ0v) is 24.7. The second kappa shape index (κ2) is 10.7. The van der Waals surface area contributed by atoms with Crippen molar-refractivity contribution in [2.45, 2.75) is 48.3 Å². The zero-order chi connectivity index (χ0) is 29.2. The number of anilines is 3. The summed E-state index contributed by atoms with van der Waals surface area (Å²) in [4.78, 5) is 29.1. The minimum atomic E-state index is -4.65. The molecule has 3 fully saturated rings. The number of β-amino-alcohol motifs (C(OH)–C–C–N with tert-alkyl or cyclic N) is 1. The molecule has 8 nitrogen and oxygen atoms in total. The smallest absolute Gasteiger partial charge is 0.395 e. The molecule has 222 valence electrons. The molecule has 2 unspecified atom stereocenters. The number of thioether (sulfide) groups is 1. The molecule has 1 saturated carbocycles. The number of halogens is 3. The summed E-state index contributed by atoms with van der Waals surface area (Å²) < 4.78 is 42.3. The van der Waals surface area contributed by atoms with Gasteiger partial charge in [0.2, 0.25) is 5.95 Å². The first-order chi connectivity index (χ1) is 20.2. The minimum Gasteiger partial charge on any atom is -0.395 e. The van der Waals surface area contributed by atoms with E-state index in [1.165, 1.54) is 11.8 Å². The van der Waals surface area contributed by atoms with Crippen LogP contribution in [0.3, 0.4) is 0 Å². The number of aliphatic hydroxyl groups excluding tert-OH is 1. The Hall–Kier alpha value is -2.87. The number of aliphatic hydroxyl groups is 1. The molecule has 0 spiro atoms. The lowest BCUT2D eigenvalue weighted by molar-refractivity contribution is -0.137. The van der Waals surface area contributed by atoms with E-state index in [4.69, 9.17) is 0 Å². The van der Waals surface area contributed by atoms with Crippen LogP contribution in [0.2, 0.25) is 0 Å². The SMILES string of the molecule is CN1CCSc2cc(-c3nc(Nc4ccc(N5CC6CC5CN6CCO)cc4C4CC4)ncc3C(F)(F)F)sc2C1=O. The average Bonchev–Trinajstić information content (AvgIpc) is 3.46. The van der Waals surface area contributed by atoms with E-state index in [2.05, 4.69) is 37.2 Å². The number of carbonyl (C=O) groups excluding carboxylic acids is 1. The van der Waals surface area contributed by atoms with Crippen LogP contribution in [0, 0.1) is 0 Å². The van der Waals surface area contributed by atoms with Gasteiger partial charge in [0.1, 0.15) is 10.4 Å². The number of alkyl halides is 3. The van der Waals surface area contributed by atoms with Crippen molar-refractivity contribution in [2.75, 3.05) is 55.8 Å². The molecule has 2 N–H and O–H groups in total. The Labute approximate surface area is 249 Å². The van der Waals surface area contributed by atoms with Crippen LogP contribution in [-0.4, -0.2) is 88.5 Å². The summed E-state index contributed by atoms with van der Waals surface area (Å²) >= 11 is 2.52. The molecule has 2 bridgehead atoms. The van der Waals surface area contributed by atoms with Crippen LogP contribution in [0.1, 0.15) is 46.0 Å². The summed E-state index contributed by atoms with van der Waals surface area (Å²) in [6.45, 7) is 3.33. The molecule has 2 atom stereocenters. The summed E-state index contributed by atoms with van der Waals surface area (Å²) in [5.74, 6) is 0.967. The number of nitrogens with one attached hydrogen (secondary N) is 1. The van der Waals surface area contributed by atoms with Gasteiger partial charge in [-0.15, -0.1) is 23.1 Å². The van der Waals surface area contributed by atoms with E-state index < -0.39 is 11.7 Å². The van der Waals surface area contributed by atoms with Crippen molar-refractivity contribution in [1.82, 2.24) is 19.8 Å². The van der Waals surface area contributed by atoms with E-state index >= 15 is 0 Å². The summed E-state index contributed by atoms with van der Waals surface area (Å²) in [5, 5.41) is 12.6. The molecular weight excluding hydrogens is 585 g/mol. The first-order valence-corrected chi connectivity index (χ1v) is 16.0. The van der Waals surface area contributed by atoms with Gasteiger partial charge in [0.05, 0.1) is 17.2 Å². The molecular formula is C29H31F3N6O2S2. The van der Waals surface area contributed by atoms with E-state index in [-0.39, 0.29) is 24.2 Å². The van der Waals surface area contributed by atoms with Crippen molar-refractivity contribution in [1.29, 1.82) is 0 Å². The third-order valence-electron chi connectivity index (χ3n) is 8.62. The molecule has 3 aromatic rings. The van der Waals surface area contributed by atoms with Gasteiger partial charge < -0.3 is 20.2 Å². The monoisotopic (exact) mass is 616 g/mol. The third kappa shape index (κ3) is 5.14. The van der Waals surface area contributed by atoms with E-state index in [0.717, 1.165) is 66.8 Å². The van der Waals surface area contributed by atoms with Gasteiger partial charge >= 0.3 is 6.18 Å². The van der Waals surface area contributed by atoms with Crippen LogP contribution in [-0.2, 0) is 6.18 Å². The Balaban J connectivity index is 1.19.